The molecule has 306 valence electrons. The Bertz CT molecular complexity index is 3290. The van der Waals surface area contributed by atoms with Gasteiger partial charge in [0, 0.05) is 61.6 Å². The number of pyridine rings is 2. The maximum atomic E-state index is 5.62. The molecule has 7 bridgehead atoms. The number of nitrogens with zero attached hydrogens (tertiary/aromatic N) is 4. The Morgan fingerprint density at radius 2 is 1.00 bits per heavy atom. The van der Waals surface area contributed by atoms with E-state index in [0.717, 1.165) is 23.7 Å². The van der Waals surface area contributed by atoms with E-state index < -0.39 is 0 Å². The molecule has 0 aliphatic heterocycles. The largest absolute Gasteiger partial charge is 0.309 e. The smallest absolute Gasteiger partial charge is 0.0728 e. The lowest BCUT2D eigenvalue weighted by Gasteiger charge is -2.48. The van der Waals surface area contributed by atoms with Crippen LogP contribution in [0.25, 0.3) is 60.3 Å². The van der Waals surface area contributed by atoms with Crippen molar-refractivity contribution in [2.75, 3.05) is 4.90 Å². The molecule has 0 radical (unpaired) electrons. The summed E-state index contributed by atoms with van der Waals surface area (Å²) in [6, 6.07) is 45.5. The van der Waals surface area contributed by atoms with Gasteiger partial charge in [0.05, 0.1) is 40.3 Å². The van der Waals surface area contributed by atoms with E-state index >= 15 is 0 Å². The summed E-state index contributed by atoms with van der Waals surface area (Å²) in [5.41, 5.74) is 19.2. The topological polar surface area (TPSA) is 33.4 Å². The van der Waals surface area contributed by atoms with E-state index in [4.69, 9.17) is 9.97 Å². The molecule has 5 fully saturated rings. The molecule has 63 heavy (non-hydrogen) atoms. The normalized spacial score (nSPS) is 29.3. The molecule has 17 rings (SSSR count). The fourth-order valence-corrected chi connectivity index (χ4v) is 16.6. The van der Waals surface area contributed by atoms with Gasteiger partial charge in [0.2, 0.25) is 0 Å². The average molecular weight is 815 g/mol. The summed E-state index contributed by atoms with van der Waals surface area (Å²) < 4.78 is 2.66. The van der Waals surface area contributed by atoms with E-state index in [1.165, 1.54) is 153 Å². The second kappa shape index (κ2) is 12.2. The first-order chi connectivity index (χ1) is 31.2. The van der Waals surface area contributed by atoms with Crippen LogP contribution < -0.4 is 4.90 Å². The number of hydrogen-bond acceptors (Lipinski definition) is 3. The first-order valence-corrected chi connectivity index (χ1v) is 24.3. The number of rotatable bonds is 5. The summed E-state index contributed by atoms with van der Waals surface area (Å²) in [6.07, 6.45) is 18.2. The number of para-hydroxylation sites is 2. The number of aromatic nitrogens is 3. The zero-order valence-corrected chi connectivity index (χ0v) is 35.7. The molecular weight excluding hydrogens is 765 g/mol. The van der Waals surface area contributed by atoms with E-state index in [0.29, 0.717) is 29.1 Å². The Kier molecular flexibility index (Phi) is 6.66. The molecule has 4 heteroatoms. The Labute approximate surface area is 368 Å². The van der Waals surface area contributed by atoms with Gasteiger partial charge in [-0.1, -0.05) is 97.1 Å². The highest BCUT2D eigenvalue weighted by atomic mass is 15.1. The molecule has 8 aliphatic rings. The lowest BCUT2D eigenvalue weighted by molar-refractivity contribution is 0.00321. The van der Waals surface area contributed by atoms with Gasteiger partial charge in [-0.05, 0) is 152 Å². The van der Waals surface area contributed by atoms with E-state index in [9.17, 15) is 0 Å². The molecule has 0 amide bonds. The Morgan fingerprint density at radius 1 is 0.492 bits per heavy atom. The predicted octanol–water partition coefficient (Wildman–Crippen LogP) is 15.2. The van der Waals surface area contributed by atoms with Crippen LogP contribution in [0.5, 0.6) is 0 Å². The number of fused-ring (bicyclic) bond motifs is 12. The predicted molar refractivity (Wildman–Crippen MR) is 256 cm³/mol. The summed E-state index contributed by atoms with van der Waals surface area (Å²) in [5.74, 6) is 5.83. The highest BCUT2D eigenvalue weighted by molar-refractivity contribution is 6.26. The molecule has 8 aliphatic carbocycles. The Morgan fingerprint density at radius 3 is 1.62 bits per heavy atom. The first kappa shape index (κ1) is 34.5. The van der Waals surface area contributed by atoms with Crippen LogP contribution in [0.3, 0.4) is 0 Å². The molecule has 0 N–H and O–H groups in total. The molecular formula is C59H50N4. The maximum Gasteiger partial charge on any atom is 0.0728 e. The Hall–Kier alpha value is -6.00. The van der Waals surface area contributed by atoms with Crippen LogP contribution in [0.1, 0.15) is 110 Å². The highest BCUT2D eigenvalue weighted by Crippen LogP contribution is 2.76. The minimum absolute atomic E-state index is 0.569. The van der Waals surface area contributed by atoms with Gasteiger partial charge in [0.15, 0.2) is 0 Å². The van der Waals surface area contributed by atoms with Gasteiger partial charge in [-0.15, -0.1) is 0 Å². The third-order valence-electron chi connectivity index (χ3n) is 18.6. The van der Waals surface area contributed by atoms with E-state index in [-0.39, 0.29) is 0 Å². The molecule has 0 saturated heterocycles. The van der Waals surface area contributed by atoms with Crippen molar-refractivity contribution < 1.29 is 0 Å². The minimum atomic E-state index is 0.569. The molecule has 5 saturated carbocycles. The van der Waals surface area contributed by atoms with Crippen molar-refractivity contribution in [3.05, 3.63) is 156 Å². The van der Waals surface area contributed by atoms with Gasteiger partial charge < -0.3 is 9.30 Å². The van der Waals surface area contributed by atoms with Gasteiger partial charge in [-0.3, -0.25) is 9.97 Å². The van der Waals surface area contributed by atoms with Crippen molar-refractivity contribution in [3.63, 3.8) is 0 Å². The zero-order valence-electron chi connectivity index (χ0n) is 35.7. The highest BCUT2D eigenvalue weighted by Gasteiger charge is 2.66. The SMILES string of the molecule is c1ccc(-c2ccccc2N(c2cc3c4c5c(ncc4n4c6cnc7c(c6c(c2)c34)C2CC3CC4CC7CC43C2)C2CC3CC(C2)CC5C3)c2ccccc2-c2ccccc2)cc1. The van der Waals surface area contributed by atoms with Crippen molar-refractivity contribution in [3.8, 4) is 22.3 Å². The van der Waals surface area contributed by atoms with Gasteiger partial charge in [-0.25, -0.2) is 0 Å². The van der Waals surface area contributed by atoms with E-state index in [2.05, 4.69) is 143 Å². The summed E-state index contributed by atoms with van der Waals surface area (Å²) in [5, 5.41) is 5.77. The molecule has 4 aromatic heterocycles. The van der Waals surface area contributed by atoms with Crippen molar-refractivity contribution >= 4 is 55.2 Å². The van der Waals surface area contributed by atoms with Crippen LogP contribution in [0, 0.1) is 29.1 Å². The van der Waals surface area contributed by atoms with Crippen LogP contribution in [0.15, 0.2) is 134 Å². The fraction of sp³-hybridized carbons (Fsp3) is 0.322. The quantitative estimate of drug-likeness (QED) is 0.174. The number of hydrogen-bond donors (Lipinski definition) is 0. The van der Waals surface area contributed by atoms with Crippen molar-refractivity contribution in [1.29, 1.82) is 0 Å². The fourth-order valence-electron chi connectivity index (χ4n) is 16.6. The zero-order chi connectivity index (χ0) is 40.7. The maximum absolute atomic E-state index is 5.62. The molecule has 4 nitrogen and oxygen atoms in total. The number of anilines is 3. The summed E-state index contributed by atoms with van der Waals surface area (Å²) in [4.78, 5) is 13.8. The number of benzene rings is 5. The third kappa shape index (κ3) is 4.43. The lowest BCUT2D eigenvalue weighted by Crippen LogP contribution is -2.41. The monoisotopic (exact) mass is 814 g/mol. The molecule has 1 spiro atoms. The van der Waals surface area contributed by atoms with Crippen LogP contribution in [-0.2, 0) is 0 Å². The van der Waals surface area contributed by atoms with Gasteiger partial charge >= 0.3 is 0 Å². The van der Waals surface area contributed by atoms with Gasteiger partial charge in [0.25, 0.3) is 0 Å². The van der Waals surface area contributed by atoms with Crippen molar-refractivity contribution in [2.45, 2.75) is 87.9 Å². The third-order valence-corrected chi connectivity index (χ3v) is 18.6. The standard InChI is InChI=1S/C59H50N4/c1-3-11-35(12-4-1)44-15-7-9-17-48(44)62(49-18-10-8-16-45(49)36-13-5-2-6-14-36)43-27-46-54-50(31-60-56-38-22-33-19-34(23-38)21-37(20-33)52(54)56)63-51-32-61-57-40-25-42-26-41-24-39(29-59(41,42)30-40)53(57)55(51)47(28-43)58(46)63/h1-18,27-28,31-34,37-42H,19-26,29-30H2. The first-order valence-electron chi connectivity index (χ1n) is 24.3. The Balaban J connectivity index is 1.05. The average Bonchev–Trinajstić information content (AvgIpc) is 3.97. The van der Waals surface area contributed by atoms with Gasteiger partial charge in [-0.2, -0.15) is 0 Å². The molecule has 7 unspecified atom stereocenters. The molecule has 4 heterocycles. The molecule has 9 aromatic rings. The second-order valence-electron chi connectivity index (χ2n) is 21.4. The van der Waals surface area contributed by atoms with E-state index in [1.807, 2.05) is 0 Å². The van der Waals surface area contributed by atoms with Crippen LogP contribution >= 0.6 is 0 Å². The summed E-state index contributed by atoms with van der Waals surface area (Å²) >= 11 is 0. The van der Waals surface area contributed by atoms with Crippen molar-refractivity contribution in [2.24, 2.45) is 29.1 Å². The summed E-state index contributed by atoms with van der Waals surface area (Å²) in [6.45, 7) is 0. The summed E-state index contributed by atoms with van der Waals surface area (Å²) in [7, 11) is 0. The second-order valence-corrected chi connectivity index (χ2v) is 21.4. The molecule has 7 atom stereocenters. The molecule has 5 aromatic carbocycles. The van der Waals surface area contributed by atoms with Crippen molar-refractivity contribution in [1.82, 2.24) is 14.4 Å². The van der Waals surface area contributed by atoms with Crippen LogP contribution in [0.4, 0.5) is 17.1 Å². The van der Waals surface area contributed by atoms with Crippen LogP contribution in [-0.4, -0.2) is 14.4 Å². The lowest BCUT2D eigenvalue weighted by atomic mass is 9.56. The minimum Gasteiger partial charge on any atom is -0.309 e. The van der Waals surface area contributed by atoms with Gasteiger partial charge in [0.1, 0.15) is 0 Å². The van der Waals surface area contributed by atoms with Crippen LogP contribution in [0.2, 0.25) is 0 Å². The van der Waals surface area contributed by atoms with E-state index in [1.54, 1.807) is 11.1 Å².